The molecule has 0 aromatic carbocycles. The Hall–Kier alpha value is -1.86. The number of hydrogen-bond acceptors (Lipinski definition) is 6. The number of alkyl halides is 3. The molecule has 0 aliphatic carbocycles. The molecule has 0 saturated carbocycles. The van der Waals surface area contributed by atoms with Gasteiger partial charge in [-0.1, -0.05) is 5.16 Å². The summed E-state index contributed by atoms with van der Waals surface area (Å²) >= 11 is 0. The largest absolute Gasteiger partial charge is 0.401 e. The molecule has 29 heavy (non-hydrogen) atoms. The van der Waals surface area contributed by atoms with Crippen LogP contribution in [0.2, 0.25) is 0 Å². The minimum Gasteiger partial charge on any atom is -0.364 e. The Balaban J connectivity index is 1.49. The Labute approximate surface area is 167 Å². The summed E-state index contributed by atoms with van der Waals surface area (Å²) in [6.45, 7) is 1.24. The second kappa shape index (κ2) is 8.88. The lowest BCUT2D eigenvalue weighted by molar-refractivity contribution is -0.143. The predicted octanol–water partition coefficient (Wildman–Crippen LogP) is 0.334. The Kier molecular flexibility index (Phi) is 6.69. The molecule has 9 nitrogen and oxygen atoms in total. The van der Waals surface area contributed by atoms with Crippen LogP contribution in [0.5, 0.6) is 0 Å². The van der Waals surface area contributed by atoms with Gasteiger partial charge in [-0.3, -0.25) is 9.89 Å². The topological polar surface area (TPSA) is 94.3 Å². The van der Waals surface area contributed by atoms with E-state index < -0.39 is 22.7 Å². The van der Waals surface area contributed by atoms with Crippen LogP contribution in [0.4, 0.5) is 13.2 Å². The number of aliphatic imine (C=N–C) groups is 1. The normalized spacial score (nSPS) is 23.0. The first-order valence-electron chi connectivity index (χ1n) is 9.31. The quantitative estimate of drug-likeness (QED) is 0.523. The Morgan fingerprint density at radius 3 is 2.62 bits per heavy atom. The maximum Gasteiger partial charge on any atom is 0.401 e. The average molecular weight is 438 g/mol. The summed E-state index contributed by atoms with van der Waals surface area (Å²) in [6.07, 6.45) is -2.27. The first-order valence-corrected chi connectivity index (χ1v) is 10.9. The van der Waals surface area contributed by atoms with Crippen molar-refractivity contribution in [2.24, 2.45) is 4.99 Å². The molecule has 2 aliphatic rings. The van der Waals surface area contributed by atoms with E-state index in [2.05, 4.69) is 20.0 Å². The average Bonchev–Trinajstić information content (AvgIpc) is 3.30. The fourth-order valence-corrected chi connectivity index (χ4v) is 5.02. The third-order valence-corrected chi connectivity index (χ3v) is 6.79. The van der Waals surface area contributed by atoms with Crippen molar-refractivity contribution in [2.45, 2.75) is 24.4 Å². The van der Waals surface area contributed by atoms with E-state index in [1.165, 1.54) is 21.5 Å². The molecule has 1 N–H and O–H groups in total. The highest BCUT2D eigenvalue weighted by molar-refractivity contribution is 7.88. The summed E-state index contributed by atoms with van der Waals surface area (Å²) in [5, 5.41) is 6.86. The minimum atomic E-state index is -4.20. The number of rotatable bonds is 5. The maximum atomic E-state index is 12.5. The number of guanidine groups is 1. The van der Waals surface area contributed by atoms with Gasteiger partial charge in [0, 0.05) is 58.4 Å². The molecule has 1 aromatic heterocycles. The number of nitrogens with zero attached hydrogens (tertiary/aromatic N) is 5. The van der Waals surface area contributed by atoms with Crippen molar-refractivity contribution in [2.75, 3.05) is 52.9 Å². The number of likely N-dealkylation sites (tertiary alicyclic amines) is 1. The first-order chi connectivity index (χ1) is 13.7. The van der Waals surface area contributed by atoms with E-state index >= 15 is 0 Å². The number of halogens is 3. The van der Waals surface area contributed by atoms with E-state index in [1.54, 1.807) is 7.05 Å². The summed E-state index contributed by atoms with van der Waals surface area (Å²) < 4.78 is 68.8. The second-order valence-corrected chi connectivity index (χ2v) is 9.13. The van der Waals surface area contributed by atoms with Gasteiger partial charge in [-0.05, 0) is 6.42 Å². The standard InChI is InChI=1S/C16H25F3N6O3S/c1-20-15(21-13-2-4-23(10-13)12-16(17,18)19)24-5-7-25(8-6-24)29(26,27)11-14-3-9-28-22-14/h3,9,13H,2,4-8,10-12H2,1H3,(H,20,21). The van der Waals surface area contributed by atoms with Gasteiger partial charge in [-0.25, -0.2) is 8.42 Å². The molecule has 3 heterocycles. The molecule has 1 unspecified atom stereocenters. The third kappa shape index (κ3) is 6.06. The zero-order chi connectivity index (χ0) is 21.1. The molecular weight excluding hydrogens is 413 g/mol. The molecule has 1 atom stereocenters. The lowest BCUT2D eigenvalue weighted by Gasteiger charge is -2.36. The highest BCUT2D eigenvalue weighted by atomic mass is 32.2. The molecular formula is C16H25F3N6O3S. The van der Waals surface area contributed by atoms with Crippen molar-refractivity contribution in [3.05, 3.63) is 18.0 Å². The van der Waals surface area contributed by atoms with Crippen molar-refractivity contribution in [3.8, 4) is 0 Å². The van der Waals surface area contributed by atoms with Crippen LogP contribution in [0.15, 0.2) is 21.8 Å². The highest BCUT2D eigenvalue weighted by Gasteiger charge is 2.35. The van der Waals surface area contributed by atoms with Gasteiger partial charge in [0.25, 0.3) is 0 Å². The summed E-state index contributed by atoms with van der Waals surface area (Å²) in [6, 6.07) is 1.40. The predicted molar refractivity (Wildman–Crippen MR) is 99.7 cm³/mol. The Bertz CT molecular complexity index is 791. The van der Waals surface area contributed by atoms with Gasteiger partial charge in [0.1, 0.15) is 12.0 Å². The Morgan fingerprint density at radius 2 is 2.03 bits per heavy atom. The van der Waals surface area contributed by atoms with Crippen molar-refractivity contribution >= 4 is 16.0 Å². The van der Waals surface area contributed by atoms with Crippen LogP contribution in [0.25, 0.3) is 0 Å². The van der Waals surface area contributed by atoms with Crippen molar-refractivity contribution in [1.29, 1.82) is 0 Å². The van der Waals surface area contributed by atoms with Gasteiger partial charge in [-0.15, -0.1) is 0 Å². The number of aromatic nitrogens is 1. The summed E-state index contributed by atoms with van der Waals surface area (Å²) in [5.74, 6) is 0.366. The zero-order valence-electron chi connectivity index (χ0n) is 16.1. The van der Waals surface area contributed by atoms with E-state index in [9.17, 15) is 21.6 Å². The van der Waals surface area contributed by atoms with Crippen LogP contribution in [0, 0.1) is 0 Å². The Morgan fingerprint density at radius 1 is 1.31 bits per heavy atom. The molecule has 164 valence electrons. The fourth-order valence-electron chi connectivity index (χ4n) is 3.60. The van der Waals surface area contributed by atoms with E-state index in [0.717, 1.165) is 0 Å². The van der Waals surface area contributed by atoms with Crippen LogP contribution >= 0.6 is 0 Å². The lowest BCUT2D eigenvalue weighted by atomic mass is 10.2. The molecule has 1 aromatic rings. The van der Waals surface area contributed by atoms with Crippen LogP contribution < -0.4 is 5.32 Å². The number of piperazine rings is 1. The van der Waals surface area contributed by atoms with Gasteiger partial charge in [0.15, 0.2) is 5.96 Å². The number of sulfonamides is 1. The SMILES string of the molecule is CN=C(NC1CCN(CC(F)(F)F)C1)N1CCN(S(=O)(=O)Cc2ccon2)CC1. The van der Waals surface area contributed by atoms with Crippen LogP contribution in [-0.4, -0.2) is 98.7 Å². The van der Waals surface area contributed by atoms with Crippen LogP contribution in [-0.2, 0) is 15.8 Å². The highest BCUT2D eigenvalue weighted by Crippen LogP contribution is 2.20. The van der Waals surface area contributed by atoms with Crippen LogP contribution in [0.1, 0.15) is 12.1 Å². The molecule has 3 rings (SSSR count). The molecule has 0 radical (unpaired) electrons. The third-order valence-electron chi connectivity index (χ3n) is 4.97. The lowest BCUT2D eigenvalue weighted by Crippen LogP contribution is -2.55. The molecule has 0 bridgehead atoms. The van der Waals surface area contributed by atoms with E-state index in [0.29, 0.717) is 57.3 Å². The molecule has 0 amide bonds. The van der Waals surface area contributed by atoms with Crippen molar-refractivity contribution in [3.63, 3.8) is 0 Å². The van der Waals surface area contributed by atoms with Crippen molar-refractivity contribution in [1.82, 2.24) is 24.6 Å². The monoisotopic (exact) mass is 438 g/mol. The minimum absolute atomic E-state index is 0.120. The number of nitrogens with one attached hydrogen (secondary N) is 1. The van der Waals surface area contributed by atoms with Crippen LogP contribution in [0.3, 0.4) is 0 Å². The van der Waals surface area contributed by atoms with Gasteiger partial charge in [0.2, 0.25) is 10.0 Å². The van der Waals surface area contributed by atoms with E-state index in [1.807, 2.05) is 4.90 Å². The summed E-state index contributed by atoms with van der Waals surface area (Å²) in [4.78, 5) is 7.52. The molecule has 2 saturated heterocycles. The maximum absolute atomic E-state index is 12.5. The summed E-state index contributed by atoms with van der Waals surface area (Å²) in [7, 11) is -1.89. The van der Waals surface area contributed by atoms with Gasteiger partial charge < -0.3 is 14.7 Å². The van der Waals surface area contributed by atoms with Gasteiger partial charge in [-0.2, -0.15) is 17.5 Å². The van der Waals surface area contributed by atoms with Gasteiger partial charge in [0.05, 0.1) is 12.2 Å². The first kappa shape index (κ1) is 21.8. The molecule has 2 aliphatic heterocycles. The van der Waals surface area contributed by atoms with Gasteiger partial charge >= 0.3 is 6.18 Å². The second-order valence-electron chi connectivity index (χ2n) is 7.16. The van der Waals surface area contributed by atoms with E-state index in [4.69, 9.17) is 0 Å². The summed E-state index contributed by atoms with van der Waals surface area (Å²) in [5.41, 5.74) is 0.356. The molecule has 13 heteroatoms. The van der Waals surface area contributed by atoms with E-state index in [-0.39, 0.29) is 11.8 Å². The number of hydrogen-bond donors (Lipinski definition) is 1. The van der Waals surface area contributed by atoms with Crippen molar-refractivity contribution < 1.29 is 26.1 Å². The smallest absolute Gasteiger partial charge is 0.364 e. The fraction of sp³-hybridized carbons (Fsp3) is 0.750. The molecule has 0 spiro atoms. The molecule has 2 fully saturated rings. The zero-order valence-corrected chi connectivity index (χ0v) is 16.9.